The van der Waals surface area contributed by atoms with Gasteiger partial charge < -0.3 is 4.74 Å². The number of rotatable bonds is 8. The summed E-state index contributed by atoms with van der Waals surface area (Å²) < 4.78 is 31.1. The molecule has 0 saturated carbocycles. The summed E-state index contributed by atoms with van der Waals surface area (Å²) in [6, 6.07) is 6.25. The molecule has 112 valence electrons. The van der Waals surface area contributed by atoms with Crippen molar-refractivity contribution in [2.75, 3.05) is 13.7 Å². The summed E-state index contributed by atoms with van der Waals surface area (Å²) in [5.74, 6) is -0.349. The monoisotopic (exact) mass is 299 g/mol. The normalized spacial score (nSPS) is 11.3. The minimum absolute atomic E-state index is 0.140. The fourth-order valence-electron chi connectivity index (χ4n) is 1.69. The predicted molar refractivity (Wildman–Crippen MR) is 76.9 cm³/mol. The van der Waals surface area contributed by atoms with Gasteiger partial charge in [-0.15, -0.1) is 0 Å². The number of unbranched alkanes of at least 4 members (excludes halogenated alkanes) is 2. The number of esters is 1. The lowest BCUT2D eigenvalue weighted by Gasteiger charge is -2.07. The van der Waals surface area contributed by atoms with E-state index in [1.54, 1.807) is 12.1 Å². The largest absolute Gasteiger partial charge is 0.469 e. The van der Waals surface area contributed by atoms with Crippen LogP contribution in [0.1, 0.15) is 31.7 Å². The summed E-state index contributed by atoms with van der Waals surface area (Å²) in [5, 5.41) is 0. The Bertz CT molecular complexity index is 523. The molecule has 0 amide bonds. The molecule has 1 rings (SSSR count). The lowest BCUT2D eigenvalue weighted by molar-refractivity contribution is -0.139. The molecule has 0 saturated heterocycles. The molecule has 0 spiro atoms. The van der Waals surface area contributed by atoms with Gasteiger partial charge in [-0.25, -0.2) is 13.1 Å². The summed E-state index contributed by atoms with van der Waals surface area (Å²) in [6.07, 6.45) is 3.02. The third-order valence-electron chi connectivity index (χ3n) is 2.88. The van der Waals surface area contributed by atoms with Gasteiger partial charge in [0.1, 0.15) is 0 Å². The Kier molecular flexibility index (Phi) is 6.67. The van der Waals surface area contributed by atoms with E-state index in [-0.39, 0.29) is 17.3 Å². The number of nitrogens with one attached hydrogen (secondary N) is 1. The van der Waals surface area contributed by atoms with Crippen LogP contribution in [0.3, 0.4) is 0 Å². The Labute approximate surface area is 120 Å². The fraction of sp³-hybridized carbons (Fsp3) is 0.500. The number of hydrogen-bond donors (Lipinski definition) is 1. The highest BCUT2D eigenvalue weighted by molar-refractivity contribution is 7.89. The van der Waals surface area contributed by atoms with E-state index in [4.69, 9.17) is 0 Å². The van der Waals surface area contributed by atoms with Gasteiger partial charge in [-0.05, 0) is 24.1 Å². The molecule has 20 heavy (non-hydrogen) atoms. The summed E-state index contributed by atoms with van der Waals surface area (Å²) in [6.45, 7) is 2.51. The summed E-state index contributed by atoms with van der Waals surface area (Å²) in [5.41, 5.74) is 0.724. The van der Waals surface area contributed by atoms with Crippen molar-refractivity contribution in [3.63, 3.8) is 0 Å². The van der Waals surface area contributed by atoms with Crippen molar-refractivity contribution in [1.82, 2.24) is 4.72 Å². The average Bonchev–Trinajstić information content (AvgIpc) is 2.44. The van der Waals surface area contributed by atoms with Gasteiger partial charge in [0.25, 0.3) is 0 Å². The highest BCUT2D eigenvalue weighted by atomic mass is 32.2. The smallest absolute Gasteiger partial charge is 0.309 e. The minimum atomic E-state index is -3.46. The number of ether oxygens (including phenoxy) is 1. The van der Waals surface area contributed by atoms with Crippen molar-refractivity contribution in [3.05, 3.63) is 29.8 Å². The van der Waals surface area contributed by atoms with Crippen LogP contribution in [0.4, 0.5) is 0 Å². The molecule has 0 aliphatic rings. The number of carbonyl (C=O) groups excluding carboxylic acids is 1. The lowest BCUT2D eigenvalue weighted by atomic mass is 10.2. The van der Waals surface area contributed by atoms with E-state index in [0.29, 0.717) is 6.54 Å². The van der Waals surface area contributed by atoms with E-state index in [9.17, 15) is 13.2 Å². The zero-order chi connectivity index (χ0) is 15.0. The number of sulfonamides is 1. The second kappa shape index (κ2) is 8.01. The summed E-state index contributed by atoms with van der Waals surface area (Å²) >= 11 is 0. The van der Waals surface area contributed by atoms with Crippen molar-refractivity contribution in [1.29, 1.82) is 0 Å². The van der Waals surface area contributed by atoms with E-state index < -0.39 is 10.0 Å². The second-order valence-corrected chi connectivity index (χ2v) is 6.27. The number of carbonyl (C=O) groups is 1. The van der Waals surface area contributed by atoms with Crippen LogP contribution in [0.25, 0.3) is 0 Å². The molecule has 1 N–H and O–H groups in total. The van der Waals surface area contributed by atoms with Crippen LogP contribution in [0.2, 0.25) is 0 Å². The van der Waals surface area contributed by atoms with Gasteiger partial charge >= 0.3 is 5.97 Å². The first-order valence-corrected chi connectivity index (χ1v) is 8.13. The zero-order valence-corrected chi connectivity index (χ0v) is 12.7. The number of methoxy groups -OCH3 is 1. The van der Waals surface area contributed by atoms with Crippen molar-refractivity contribution >= 4 is 16.0 Å². The van der Waals surface area contributed by atoms with E-state index in [1.165, 1.54) is 19.2 Å². The molecule has 0 fully saturated rings. The molecule has 6 heteroatoms. The molecule has 0 radical (unpaired) electrons. The predicted octanol–water partition coefficient (Wildman–Crippen LogP) is 1.87. The fourth-order valence-corrected chi connectivity index (χ4v) is 2.76. The molecule has 0 aliphatic carbocycles. The van der Waals surface area contributed by atoms with Gasteiger partial charge in [0.05, 0.1) is 18.4 Å². The quantitative estimate of drug-likeness (QED) is 0.587. The van der Waals surface area contributed by atoms with Crippen molar-refractivity contribution in [3.8, 4) is 0 Å². The molecule has 5 nitrogen and oxygen atoms in total. The van der Waals surface area contributed by atoms with Crippen LogP contribution in [-0.4, -0.2) is 28.0 Å². The summed E-state index contributed by atoms with van der Waals surface area (Å²) in [7, 11) is -2.14. The molecule has 0 aliphatic heterocycles. The lowest BCUT2D eigenvalue weighted by Crippen LogP contribution is -2.24. The number of hydrogen-bond acceptors (Lipinski definition) is 4. The van der Waals surface area contributed by atoms with Crippen LogP contribution in [0.5, 0.6) is 0 Å². The molecule has 1 aromatic carbocycles. The van der Waals surface area contributed by atoms with Crippen LogP contribution >= 0.6 is 0 Å². The first-order valence-electron chi connectivity index (χ1n) is 6.65. The van der Waals surface area contributed by atoms with Gasteiger partial charge in [0.2, 0.25) is 10.0 Å². The highest BCUT2D eigenvalue weighted by Gasteiger charge is 2.13. The molecular formula is C14H21NO4S. The molecular weight excluding hydrogens is 278 g/mol. The molecule has 0 bridgehead atoms. The first-order chi connectivity index (χ1) is 9.49. The van der Waals surface area contributed by atoms with E-state index in [1.807, 2.05) is 0 Å². The maximum absolute atomic E-state index is 12.0. The SMILES string of the molecule is CCCCCNS(=O)(=O)c1ccc(CC(=O)OC)cc1. The van der Waals surface area contributed by atoms with Gasteiger partial charge in [-0.1, -0.05) is 31.9 Å². The van der Waals surface area contributed by atoms with Crippen molar-refractivity contribution in [2.45, 2.75) is 37.5 Å². The second-order valence-electron chi connectivity index (χ2n) is 4.50. The maximum Gasteiger partial charge on any atom is 0.309 e. The van der Waals surface area contributed by atoms with Crippen LogP contribution in [0, 0.1) is 0 Å². The van der Waals surface area contributed by atoms with E-state index in [0.717, 1.165) is 24.8 Å². The Morgan fingerprint density at radius 1 is 1.20 bits per heavy atom. The third-order valence-corrected chi connectivity index (χ3v) is 4.36. The van der Waals surface area contributed by atoms with Crippen LogP contribution in [-0.2, 0) is 26.0 Å². The minimum Gasteiger partial charge on any atom is -0.469 e. The third kappa shape index (κ3) is 5.30. The van der Waals surface area contributed by atoms with Gasteiger partial charge in [0.15, 0.2) is 0 Å². The molecule has 0 aromatic heterocycles. The van der Waals surface area contributed by atoms with Gasteiger partial charge in [-0.2, -0.15) is 0 Å². The van der Waals surface area contributed by atoms with Gasteiger partial charge in [0, 0.05) is 6.54 Å². The zero-order valence-electron chi connectivity index (χ0n) is 11.9. The topological polar surface area (TPSA) is 72.5 Å². The molecule has 0 unspecified atom stereocenters. The van der Waals surface area contributed by atoms with Crippen molar-refractivity contribution < 1.29 is 17.9 Å². The summed E-state index contributed by atoms with van der Waals surface area (Å²) in [4.78, 5) is 11.3. The standard InChI is InChI=1S/C14H21NO4S/c1-3-4-5-10-15-20(17,18)13-8-6-12(7-9-13)11-14(16)19-2/h6-9,15H,3-5,10-11H2,1-2H3. The average molecular weight is 299 g/mol. The van der Waals surface area contributed by atoms with Crippen LogP contribution < -0.4 is 4.72 Å². The van der Waals surface area contributed by atoms with E-state index >= 15 is 0 Å². The Balaban J connectivity index is 2.64. The van der Waals surface area contributed by atoms with Gasteiger partial charge in [-0.3, -0.25) is 4.79 Å². The first kappa shape index (κ1) is 16.7. The van der Waals surface area contributed by atoms with Crippen LogP contribution in [0.15, 0.2) is 29.2 Å². The molecule has 1 aromatic rings. The maximum atomic E-state index is 12.0. The molecule has 0 heterocycles. The Morgan fingerprint density at radius 2 is 1.85 bits per heavy atom. The number of benzene rings is 1. The van der Waals surface area contributed by atoms with Crippen molar-refractivity contribution in [2.24, 2.45) is 0 Å². The Hall–Kier alpha value is -1.40. The Morgan fingerprint density at radius 3 is 2.40 bits per heavy atom. The van der Waals surface area contributed by atoms with E-state index in [2.05, 4.69) is 16.4 Å². The molecule has 0 atom stereocenters. The highest BCUT2D eigenvalue weighted by Crippen LogP contribution is 2.11.